The zero-order valence-corrected chi connectivity index (χ0v) is 18.9. The van der Waals surface area contributed by atoms with Crippen LogP contribution in [0.25, 0.3) is 0 Å². The van der Waals surface area contributed by atoms with Crippen LogP contribution in [0, 0.1) is 0 Å². The second-order valence-corrected chi connectivity index (χ2v) is 8.11. The lowest BCUT2D eigenvalue weighted by Gasteiger charge is -2.34. The summed E-state index contributed by atoms with van der Waals surface area (Å²) in [5.41, 5.74) is 0.998. The number of carbonyl (C=O) groups excluding carboxylic acids is 2. The molecule has 0 aliphatic carbocycles. The zero-order chi connectivity index (χ0) is 22.4. The quantitative estimate of drug-likeness (QED) is 0.610. The second kappa shape index (κ2) is 10.6. The van der Waals surface area contributed by atoms with E-state index in [1.54, 1.807) is 15.9 Å². The summed E-state index contributed by atoms with van der Waals surface area (Å²) in [7, 11) is 1.53. The zero-order valence-electron chi connectivity index (χ0n) is 18.9. The maximum absolute atomic E-state index is 12.8. The van der Waals surface area contributed by atoms with Gasteiger partial charge in [-0.1, -0.05) is 6.92 Å². The van der Waals surface area contributed by atoms with E-state index in [2.05, 4.69) is 0 Å². The maximum Gasteiger partial charge on any atom is 0.289 e. The number of aromatic nitrogens is 1. The minimum absolute atomic E-state index is 0.0106. The molecule has 0 radical (unpaired) electrons. The Balaban J connectivity index is 1.67. The number of amides is 2. The van der Waals surface area contributed by atoms with Gasteiger partial charge in [-0.3, -0.25) is 9.59 Å². The molecule has 8 heteroatoms. The van der Waals surface area contributed by atoms with Crippen molar-refractivity contribution in [3.05, 3.63) is 47.7 Å². The van der Waals surface area contributed by atoms with E-state index >= 15 is 0 Å². The smallest absolute Gasteiger partial charge is 0.289 e. The third-order valence-corrected chi connectivity index (χ3v) is 5.30. The Morgan fingerprint density at radius 3 is 2.61 bits per heavy atom. The topological polar surface area (TPSA) is 77.2 Å². The molecule has 2 aromatic rings. The van der Waals surface area contributed by atoms with Gasteiger partial charge in [0.05, 0.1) is 25.3 Å². The van der Waals surface area contributed by atoms with Crippen LogP contribution in [0.4, 0.5) is 0 Å². The molecule has 0 saturated carbocycles. The summed E-state index contributed by atoms with van der Waals surface area (Å²) >= 11 is 0. The second-order valence-electron chi connectivity index (χ2n) is 8.11. The molecular formula is C23H33N3O5. The number of morpholine rings is 1. The summed E-state index contributed by atoms with van der Waals surface area (Å²) in [6.45, 7) is 8.83. The van der Waals surface area contributed by atoms with E-state index in [-0.39, 0.29) is 30.6 Å². The van der Waals surface area contributed by atoms with Crippen molar-refractivity contribution in [2.45, 2.75) is 52.5 Å². The molecule has 2 unspecified atom stereocenters. The van der Waals surface area contributed by atoms with Gasteiger partial charge in [-0.2, -0.15) is 0 Å². The standard InChI is InChI=1S/C23H33N3O5/c1-5-10-25(22(27)16-29-4)14-19-7-6-11-24(19)15-20-8-9-21(31-20)23(28)26-12-17(2)30-18(3)13-26/h6-9,11,17-18H,5,10,12-16H2,1-4H3. The largest absolute Gasteiger partial charge is 0.454 e. The lowest BCUT2D eigenvalue weighted by Crippen LogP contribution is -2.48. The third-order valence-electron chi connectivity index (χ3n) is 5.30. The van der Waals surface area contributed by atoms with Crippen LogP contribution in [0.15, 0.2) is 34.9 Å². The minimum Gasteiger partial charge on any atom is -0.454 e. The number of furan rings is 1. The Bertz CT molecular complexity index is 864. The molecule has 0 aromatic carbocycles. The molecule has 3 heterocycles. The molecule has 1 saturated heterocycles. The van der Waals surface area contributed by atoms with Gasteiger partial charge in [-0.15, -0.1) is 0 Å². The summed E-state index contributed by atoms with van der Waals surface area (Å²) in [5, 5.41) is 0. The normalized spacial score (nSPS) is 18.9. The molecule has 0 spiro atoms. The molecule has 170 valence electrons. The lowest BCUT2D eigenvalue weighted by molar-refractivity contribution is -0.135. The van der Waals surface area contributed by atoms with Gasteiger partial charge < -0.3 is 28.3 Å². The third kappa shape index (κ3) is 5.98. The van der Waals surface area contributed by atoms with Crippen molar-refractivity contribution >= 4 is 11.8 Å². The molecule has 2 aromatic heterocycles. The Morgan fingerprint density at radius 2 is 1.94 bits per heavy atom. The molecule has 1 aliphatic rings. The number of methoxy groups -OCH3 is 1. The number of hydrogen-bond acceptors (Lipinski definition) is 5. The molecule has 8 nitrogen and oxygen atoms in total. The van der Waals surface area contributed by atoms with E-state index in [9.17, 15) is 9.59 Å². The van der Waals surface area contributed by atoms with Crippen LogP contribution in [-0.4, -0.2) is 71.7 Å². The molecule has 2 amide bonds. The summed E-state index contributed by atoms with van der Waals surface area (Å²) in [4.78, 5) is 28.8. The molecular weight excluding hydrogens is 398 g/mol. The van der Waals surface area contributed by atoms with Crippen molar-refractivity contribution in [2.75, 3.05) is 33.4 Å². The fourth-order valence-corrected chi connectivity index (χ4v) is 3.96. The van der Waals surface area contributed by atoms with Crippen LogP contribution >= 0.6 is 0 Å². The summed E-state index contributed by atoms with van der Waals surface area (Å²) < 4.78 is 18.6. The van der Waals surface area contributed by atoms with Gasteiger partial charge in [0.1, 0.15) is 12.4 Å². The minimum atomic E-state index is -0.111. The highest BCUT2D eigenvalue weighted by Gasteiger charge is 2.28. The van der Waals surface area contributed by atoms with Crippen LogP contribution in [0.5, 0.6) is 0 Å². The van der Waals surface area contributed by atoms with Crippen molar-refractivity contribution in [3.63, 3.8) is 0 Å². The van der Waals surface area contributed by atoms with E-state index < -0.39 is 0 Å². The van der Waals surface area contributed by atoms with E-state index in [1.165, 1.54) is 7.11 Å². The first-order valence-electron chi connectivity index (χ1n) is 10.8. The monoisotopic (exact) mass is 431 g/mol. The fourth-order valence-electron chi connectivity index (χ4n) is 3.96. The molecule has 1 fully saturated rings. The van der Waals surface area contributed by atoms with Crippen LogP contribution in [-0.2, 0) is 27.4 Å². The van der Waals surface area contributed by atoms with Crippen molar-refractivity contribution in [1.29, 1.82) is 0 Å². The lowest BCUT2D eigenvalue weighted by atomic mass is 10.2. The van der Waals surface area contributed by atoms with Gasteiger partial charge in [-0.25, -0.2) is 0 Å². The highest BCUT2D eigenvalue weighted by Crippen LogP contribution is 2.18. The maximum atomic E-state index is 12.8. The Kier molecular flexibility index (Phi) is 7.92. The molecule has 2 atom stereocenters. The number of carbonyl (C=O) groups is 2. The van der Waals surface area contributed by atoms with Crippen LogP contribution in [0.1, 0.15) is 49.2 Å². The van der Waals surface area contributed by atoms with E-state index in [0.29, 0.717) is 44.2 Å². The van der Waals surface area contributed by atoms with Gasteiger partial charge in [0.15, 0.2) is 5.76 Å². The van der Waals surface area contributed by atoms with Gasteiger partial charge in [-0.05, 0) is 44.5 Å². The Labute approximate surface area is 183 Å². The van der Waals surface area contributed by atoms with E-state index in [1.807, 2.05) is 49.7 Å². The van der Waals surface area contributed by atoms with Gasteiger partial charge >= 0.3 is 0 Å². The first kappa shape index (κ1) is 23.1. The van der Waals surface area contributed by atoms with Gasteiger partial charge in [0.2, 0.25) is 5.91 Å². The van der Waals surface area contributed by atoms with Crippen LogP contribution in [0.2, 0.25) is 0 Å². The SMILES string of the molecule is CCCN(Cc1cccn1Cc1ccc(C(=O)N2CC(C)OC(C)C2)o1)C(=O)COC. The summed E-state index contributed by atoms with van der Waals surface area (Å²) in [5.74, 6) is 0.894. The fraction of sp³-hybridized carbons (Fsp3) is 0.565. The average molecular weight is 432 g/mol. The predicted octanol–water partition coefficient (Wildman–Crippen LogP) is 2.76. The van der Waals surface area contributed by atoms with E-state index in [4.69, 9.17) is 13.9 Å². The van der Waals surface area contributed by atoms with Crippen LogP contribution in [0.3, 0.4) is 0 Å². The van der Waals surface area contributed by atoms with Gasteiger partial charge in [0, 0.05) is 38.6 Å². The van der Waals surface area contributed by atoms with Crippen molar-refractivity contribution in [1.82, 2.24) is 14.4 Å². The molecule has 3 rings (SSSR count). The van der Waals surface area contributed by atoms with Crippen molar-refractivity contribution in [3.8, 4) is 0 Å². The highest BCUT2D eigenvalue weighted by molar-refractivity contribution is 5.91. The van der Waals surface area contributed by atoms with Crippen molar-refractivity contribution < 1.29 is 23.5 Å². The molecule has 1 aliphatic heterocycles. The number of nitrogens with zero attached hydrogens (tertiary/aromatic N) is 3. The van der Waals surface area contributed by atoms with Crippen molar-refractivity contribution in [2.24, 2.45) is 0 Å². The summed E-state index contributed by atoms with van der Waals surface area (Å²) in [6, 6.07) is 7.52. The van der Waals surface area contributed by atoms with Crippen LogP contribution < -0.4 is 0 Å². The average Bonchev–Trinajstić information content (AvgIpc) is 3.36. The Morgan fingerprint density at radius 1 is 1.19 bits per heavy atom. The Hall–Kier alpha value is -2.58. The number of rotatable bonds is 9. The highest BCUT2D eigenvalue weighted by atomic mass is 16.5. The number of hydrogen-bond donors (Lipinski definition) is 0. The van der Waals surface area contributed by atoms with E-state index in [0.717, 1.165) is 12.1 Å². The predicted molar refractivity (Wildman–Crippen MR) is 116 cm³/mol. The number of ether oxygens (including phenoxy) is 2. The molecule has 0 bridgehead atoms. The first-order valence-corrected chi connectivity index (χ1v) is 10.8. The first-order chi connectivity index (χ1) is 14.9. The summed E-state index contributed by atoms with van der Waals surface area (Å²) in [6.07, 6.45) is 2.85. The van der Waals surface area contributed by atoms with Gasteiger partial charge in [0.25, 0.3) is 5.91 Å². The molecule has 31 heavy (non-hydrogen) atoms. The molecule has 0 N–H and O–H groups in total.